The average Bonchev–Trinajstić information content (AvgIpc) is 4.05. The van der Waals surface area contributed by atoms with E-state index in [1.54, 1.807) is 22.7 Å². The van der Waals surface area contributed by atoms with Crippen molar-refractivity contribution >= 4 is 62.8 Å². The Kier molecular flexibility index (Phi) is 22.1. The molecule has 0 aliphatic heterocycles. The molecule has 0 spiro atoms. The van der Waals surface area contributed by atoms with E-state index in [2.05, 4.69) is 138 Å². The SMILES string of the molecule is CC(C)Oc1ccc(CCCOc2ccc(CNCCCO[PH](=O)OCCCNCc3ccc(OCCCc4ccc(OC(C)C)c(Br)c4)c(-c4cccs4)c3)cc2-c2cccs2)cc1Br. The number of aryl methyl sites for hydroxylation is 2. The highest BCUT2D eigenvalue weighted by molar-refractivity contribution is 9.11. The van der Waals surface area contributed by atoms with Crippen molar-refractivity contribution in [3.8, 4) is 43.9 Å². The molecule has 0 unspecified atom stereocenters. The second-order valence-corrected chi connectivity index (χ2v) is 21.1. The lowest BCUT2D eigenvalue weighted by Crippen LogP contribution is -2.16. The van der Waals surface area contributed by atoms with Gasteiger partial charge in [-0.1, -0.05) is 36.4 Å². The molecule has 6 rings (SSSR count). The predicted octanol–water partition coefficient (Wildman–Crippen LogP) is 14.3. The Morgan fingerprint density at radius 3 is 1.35 bits per heavy atom. The van der Waals surface area contributed by atoms with Crippen molar-refractivity contribution in [2.45, 2.75) is 91.5 Å². The molecule has 6 aromatic rings. The summed E-state index contributed by atoms with van der Waals surface area (Å²) in [5.74, 6) is 3.52. The van der Waals surface area contributed by atoms with Gasteiger partial charge in [-0.05, 0) is 205 Å². The Hall–Kier alpha value is -3.49. The molecule has 14 heteroatoms. The van der Waals surface area contributed by atoms with E-state index in [-0.39, 0.29) is 12.2 Å². The van der Waals surface area contributed by atoms with E-state index in [0.717, 1.165) is 94.7 Å². The molecule has 0 atom stereocenters. The Morgan fingerprint density at radius 1 is 0.530 bits per heavy atom. The second kappa shape index (κ2) is 28.1. The van der Waals surface area contributed by atoms with Crippen LogP contribution in [0.4, 0.5) is 0 Å². The molecular weight excluding hydrogens is 1020 g/mol. The largest absolute Gasteiger partial charge is 0.493 e. The van der Waals surface area contributed by atoms with Gasteiger partial charge in [0.05, 0.1) is 47.6 Å². The molecule has 2 heterocycles. The van der Waals surface area contributed by atoms with Crippen LogP contribution in [-0.4, -0.2) is 51.7 Å². The van der Waals surface area contributed by atoms with Gasteiger partial charge in [-0.25, -0.2) is 0 Å². The van der Waals surface area contributed by atoms with E-state index in [1.807, 2.05) is 39.8 Å². The Labute approximate surface area is 417 Å². The van der Waals surface area contributed by atoms with Crippen LogP contribution >= 0.6 is 62.8 Å². The maximum atomic E-state index is 12.4. The molecule has 0 amide bonds. The molecule has 4 aromatic carbocycles. The highest BCUT2D eigenvalue weighted by Crippen LogP contribution is 2.36. The Bertz CT molecular complexity index is 2220. The van der Waals surface area contributed by atoms with Gasteiger partial charge in [-0.3, -0.25) is 4.57 Å². The van der Waals surface area contributed by atoms with E-state index in [4.69, 9.17) is 28.0 Å². The lowest BCUT2D eigenvalue weighted by molar-refractivity contribution is 0.220. The third-order valence-corrected chi connectivity index (χ3v) is 14.1. The molecule has 0 aliphatic rings. The van der Waals surface area contributed by atoms with Gasteiger partial charge in [-0.15, -0.1) is 22.7 Å². The van der Waals surface area contributed by atoms with Crippen molar-refractivity contribution in [2.24, 2.45) is 0 Å². The van der Waals surface area contributed by atoms with Crippen molar-refractivity contribution in [1.82, 2.24) is 10.6 Å². The molecule has 0 aliphatic carbocycles. The number of hydrogen-bond acceptors (Lipinski definition) is 11. The van der Waals surface area contributed by atoms with Gasteiger partial charge in [-0.2, -0.15) is 0 Å². The number of halogens is 2. The lowest BCUT2D eigenvalue weighted by atomic mass is 10.1. The summed E-state index contributed by atoms with van der Waals surface area (Å²) >= 11 is 10.7. The van der Waals surface area contributed by atoms with Gasteiger partial charge in [0, 0.05) is 34.0 Å². The summed E-state index contributed by atoms with van der Waals surface area (Å²) < 4.78 is 49.8. The minimum atomic E-state index is -2.55. The summed E-state index contributed by atoms with van der Waals surface area (Å²) in [7, 11) is -2.55. The summed E-state index contributed by atoms with van der Waals surface area (Å²) in [4.78, 5) is 2.36. The van der Waals surface area contributed by atoms with Crippen molar-refractivity contribution in [3.63, 3.8) is 0 Å². The Balaban J connectivity index is 0.831. The topological polar surface area (TPSA) is 96.5 Å². The van der Waals surface area contributed by atoms with Gasteiger partial charge in [0.15, 0.2) is 0 Å². The molecule has 9 nitrogen and oxygen atoms in total. The molecule has 66 heavy (non-hydrogen) atoms. The van der Waals surface area contributed by atoms with E-state index in [9.17, 15) is 4.57 Å². The first kappa shape index (κ1) is 51.9. The van der Waals surface area contributed by atoms with E-state index in [1.165, 1.54) is 32.0 Å². The summed E-state index contributed by atoms with van der Waals surface area (Å²) in [6, 6.07) is 33.8. The molecule has 2 aromatic heterocycles. The minimum Gasteiger partial charge on any atom is -0.493 e. The average molecular weight is 1080 g/mol. The van der Waals surface area contributed by atoms with Crippen molar-refractivity contribution < 1.29 is 32.6 Å². The number of benzene rings is 4. The van der Waals surface area contributed by atoms with E-state index < -0.39 is 8.25 Å². The van der Waals surface area contributed by atoms with Crippen LogP contribution in [0.2, 0.25) is 0 Å². The van der Waals surface area contributed by atoms with Crippen LogP contribution in [0.1, 0.15) is 75.6 Å². The molecule has 0 saturated heterocycles. The number of hydrogen-bond donors (Lipinski definition) is 2. The summed E-state index contributed by atoms with van der Waals surface area (Å²) in [6.07, 6.45) is 5.35. The predicted molar refractivity (Wildman–Crippen MR) is 281 cm³/mol. The first-order chi connectivity index (χ1) is 32.1. The van der Waals surface area contributed by atoms with Crippen molar-refractivity contribution in [2.75, 3.05) is 39.5 Å². The van der Waals surface area contributed by atoms with Crippen LogP contribution in [0.15, 0.2) is 117 Å². The minimum absolute atomic E-state index is 0.132. The Morgan fingerprint density at radius 2 is 0.955 bits per heavy atom. The number of thiophene rings is 2. The highest BCUT2D eigenvalue weighted by Gasteiger charge is 2.13. The van der Waals surface area contributed by atoms with Crippen LogP contribution in [0.5, 0.6) is 23.0 Å². The van der Waals surface area contributed by atoms with Gasteiger partial charge in [0.2, 0.25) is 0 Å². The third kappa shape index (κ3) is 17.5. The second-order valence-electron chi connectivity index (χ2n) is 16.4. The van der Waals surface area contributed by atoms with Gasteiger partial charge in [0.25, 0.3) is 0 Å². The van der Waals surface area contributed by atoms with Crippen LogP contribution < -0.4 is 29.6 Å². The molecule has 0 fully saturated rings. The zero-order valence-electron chi connectivity index (χ0n) is 38.4. The molecule has 0 bridgehead atoms. The molecule has 0 radical (unpaired) electrons. The first-order valence-corrected chi connectivity index (χ1v) is 27.4. The van der Waals surface area contributed by atoms with E-state index in [0.29, 0.717) is 39.5 Å². The van der Waals surface area contributed by atoms with Crippen molar-refractivity contribution in [3.05, 3.63) is 139 Å². The van der Waals surface area contributed by atoms with Gasteiger partial charge >= 0.3 is 8.25 Å². The van der Waals surface area contributed by atoms with Crippen molar-refractivity contribution in [1.29, 1.82) is 0 Å². The molecule has 354 valence electrons. The third-order valence-electron chi connectivity index (χ3n) is 10.2. The highest BCUT2D eigenvalue weighted by atomic mass is 79.9. The maximum absolute atomic E-state index is 12.4. The fourth-order valence-electron chi connectivity index (χ4n) is 7.10. The number of nitrogens with one attached hydrogen (secondary N) is 2. The quantitative estimate of drug-likeness (QED) is 0.0338. The van der Waals surface area contributed by atoms with Crippen LogP contribution in [0.3, 0.4) is 0 Å². The monoisotopic (exact) mass is 1080 g/mol. The smallest absolute Gasteiger partial charge is 0.319 e. The fourth-order valence-corrected chi connectivity index (χ4v) is 10.3. The van der Waals surface area contributed by atoms with Crippen LogP contribution in [0, 0.1) is 0 Å². The lowest BCUT2D eigenvalue weighted by Gasteiger charge is -2.14. The number of rotatable bonds is 30. The standard InChI is InChI=1S/C52H63Br2N2O7PS2/c1-37(2)62-49-21-15-39(33-45(49)53)11-5-25-58-47-19-17-41(31-43(47)51-13-7-29-65-51)35-55-23-9-27-60-64(57)61-28-10-24-56-36-42-18-20-48(44(32-42)52-14-8-30-66-52)59-26-6-12-40-16-22-50(46(54)34-40)63-38(3)4/h7-8,13-22,29-34,37-38,55-56,64H,5-6,9-12,23-28,35-36H2,1-4H3. The first-order valence-electron chi connectivity index (χ1n) is 22.8. The van der Waals surface area contributed by atoms with Crippen LogP contribution in [-0.2, 0) is 39.5 Å². The maximum Gasteiger partial charge on any atom is 0.319 e. The summed E-state index contributed by atoms with van der Waals surface area (Å²) in [5.41, 5.74) is 7.04. The normalized spacial score (nSPS) is 11.5. The van der Waals surface area contributed by atoms with Gasteiger partial charge in [0.1, 0.15) is 23.0 Å². The zero-order chi connectivity index (χ0) is 46.5. The zero-order valence-corrected chi connectivity index (χ0v) is 44.2. The molecule has 2 N–H and O–H groups in total. The van der Waals surface area contributed by atoms with Gasteiger partial charge < -0.3 is 38.6 Å². The van der Waals surface area contributed by atoms with E-state index >= 15 is 0 Å². The molecule has 0 saturated carbocycles. The number of ether oxygens (including phenoxy) is 4. The molecular formula is C52H63Br2N2O7PS2. The summed E-state index contributed by atoms with van der Waals surface area (Å²) in [6.45, 7) is 13.0. The fraction of sp³-hybridized carbons (Fsp3) is 0.385. The summed E-state index contributed by atoms with van der Waals surface area (Å²) in [5, 5.41) is 11.2. The van der Waals surface area contributed by atoms with Crippen LogP contribution in [0.25, 0.3) is 20.9 Å².